The number of hydrogen-bond donors (Lipinski definition) is 5. The second-order valence-electron chi connectivity index (χ2n) is 7.97. The van der Waals surface area contributed by atoms with Crippen molar-refractivity contribution in [2.75, 3.05) is 5.32 Å². The van der Waals surface area contributed by atoms with Crippen LogP contribution in [-0.2, 0) is 0 Å². The molecule has 5 rings (SSSR count). The smallest absolute Gasteiger partial charge is 0.290 e. The van der Waals surface area contributed by atoms with E-state index in [0.29, 0.717) is 11.3 Å². The van der Waals surface area contributed by atoms with Gasteiger partial charge in [0.2, 0.25) is 0 Å². The SMILES string of the molecule is Cc1cc(C(=O)NNC(=O)c2ccccc2Nc2ccc3c(/C=C/c4ccccn4)n[nH]c3c2)n[nH]1. The molecule has 2 aromatic carbocycles. The Labute approximate surface area is 205 Å². The molecule has 178 valence electrons. The Morgan fingerprint density at radius 2 is 1.69 bits per heavy atom. The Morgan fingerprint density at radius 3 is 2.50 bits per heavy atom. The summed E-state index contributed by atoms with van der Waals surface area (Å²) in [7, 11) is 0. The van der Waals surface area contributed by atoms with Crippen LogP contribution in [0.2, 0.25) is 0 Å². The van der Waals surface area contributed by atoms with Gasteiger partial charge in [0.05, 0.1) is 28.2 Å². The molecule has 36 heavy (non-hydrogen) atoms. The summed E-state index contributed by atoms with van der Waals surface area (Å²) in [6.45, 7) is 1.78. The lowest BCUT2D eigenvalue weighted by molar-refractivity contribution is 0.0844. The topological polar surface area (TPSA) is 140 Å². The molecule has 10 heteroatoms. The number of hydrazine groups is 1. The zero-order valence-corrected chi connectivity index (χ0v) is 19.2. The molecule has 0 fully saturated rings. The fourth-order valence-corrected chi connectivity index (χ4v) is 3.61. The van der Waals surface area contributed by atoms with Gasteiger partial charge < -0.3 is 5.32 Å². The number of aromatic amines is 2. The average Bonchev–Trinajstić information content (AvgIpc) is 3.52. The van der Waals surface area contributed by atoms with Gasteiger partial charge in [0.1, 0.15) is 0 Å². The highest BCUT2D eigenvalue weighted by molar-refractivity contribution is 6.02. The number of hydrogen-bond acceptors (Lipinski definition) is 6. The van der Waals surface area contributed by atoms with Gasteiger partial charge in [0, 0.05) is 23.0 Å². The number of amides is 2. The molecule has 0 saturated heterocycles. The Hall–Kier alpha value is -5.25. The maximum atomic E-state index is 12.8. The van der Waals surface area contributed by atoms with Crippen molar-refractivity contribution in [2.45, 2.75) is 6.92 Å². The number of carbonyl (C=O) groups is 2. The molecular formula is C26H22N8O2. The fraction of sp³-hybridized carbons (Fsp3) is 0.0385. The molecule has 0 saturated carbocycles. The number of rotatable bonds is 6. The van der Waals surface area contributed by atoms with Crippen LogP contribution in [0, 0.1) is 6.92 Å². The Kier molecular flexibility index (Phi) is 6.22. The number of nitrogens with one attached hydrogen (secondary N) is 5. The van der Waals surface area contributed by atoms with Gasteiger partial charge in [-0.25, -0.2) is 0 Å². The highest BCUT2D eigenvalue weighted by Gasteiger charge is 2.15. The molecule has 0 aliphatic rings. The van der Waals surface area contributed by atoms with E-state index in [9.17, 15) is 9.59 Å². The van der Waals surface area contributed by atoms with Crippen molar-refractivity contribution >= 4 is 46.2 Å². The van der Waals surface area contributed by atoms with Gasteiger partial charge in [-0.2, -0.15) is 10.2 Å². The molecule has 0 atom stereocenters. The van der Waals surface area contributed by atoms with Gasteiger partial charge in [-0.3, -0.25) is 35.6 Å². The van der Waals surface area contributed by atoms with Gasteiger partial charge in [-0.05, 0) is 67.6 Å². The monoisotopic (exact) mass is 478 g/mol. The Balaban J connectivity index is 1.30. The van der Waals surface area contributed by atoms with E-state index in [0.717, 1.165) is 33.7 Å². The lowest BCUT2D eigenvalue weighted by Crippen LogP contribution is -2.42. The Morgan fingerprint density at radius 1 is 0.861 bits per heavy atom. The number of benzene rings is 2. The largest absolute Gasteiger partial charge is 0.355 e. The van der Waals surface area contributed by atoms with Crippen molar-refractivity contribution in [3.63, 3.8) is 0 Å². The van der Waals surface area contributed by atoms with Crippen LogP contribution in [0.3, 0.4) is 0 Å². The first-order valence-corrected chi connectivity index (χ1v) is 11.1. The third-order valence-electron chi connectivity index (χ3n) is 5.37. The summed E-state index contributed by atoms with van der Waals surface area (Å²) in [6, 6.07) is 20.1. The van der Waals surface area contributed by atoms with Crippen LogP contribution in [0.15, 0.2) is 72.9 Å². The van der Waals surface area contributed by atoms with Crippen molar-refractivity contribution in [3.05, 3.63) is 101 Å². The maximum Gasteiger partial charge on any atom is 0.290 e. The first kappa shape index (κ1) is 22.5. The molecule has 3 heterocycles. The molecule has 0 radical (unpaired) electrons. The normalized spacial score (nSPS) is 11.0. The molecule has 0 aliphatic carbocycles. The number of anilines is 2. The van der Waals surface area contributed by atoms with Crippen LogP contribution < -0.4 is 16.2 Å². The highest BCUT2D eigenvalue weighted by atomic mass is 16.2. The van der Waals surface area contributed by atoms with E-state index < -0.39 is 11.8 Å². The molecule has 0 spiro atoms. The van der Waals surface area contributed by atoms with Crippen LogP contribution >= 0.6 is 0 Å². The first-order valence-electron chi connectivity index (χ1n) is 11.1. The predicted molar refractivity (Wildman–Crippen MR) is 137 cm³/mol. The van der Waals surface area contributed by atoms with Crippen LogP contribution in [-0.4, -0.2) is 37.2 Å². The first-order chi connectivity index (χ1) is 17.6. The second kappa shape index (κ2) is 9.94. The molecule has 5 aromatic rings. The fourth-order valence-electron chi connectivity index (χ4n) is 3.61. The summed E-state index contributed by atoms with van der Waals surface area (Å²) < 4.78 is 0. The molecule has 5 N–H and O–H groups in total. The summed E-state index contributed by atoms with van der Waals surface area (Å²) in [5.41, 5.74) is 9.92. The van der Waals surface area contributed by atoms with Gasteiger partial charge in [0.25, 0.3) is 11.8 Å². The number of fused-ring (bicyclic) bond motifs is 1. The number of pyridine rings is 1. The molecule has 10 nitrogen and oxygen atoms in total. The van der Waals surface area contributed by atoms with Gasteiger partial charge >= 0.3 is 0 Å². The molecule has 0 aliphatic heterocycles. The third kappa shape index (κ3) is 4.97. The van der Waals surface area contributed by atoms with Crippen molar-refractivity contribution in [1.29, 1.82) is 0 Å². The van der Waals surface area contributed by atoms with E-state index in [1.807, 2.05) is 54.6 Å². The van der Waals surface area contributed by atoms with Crippen LogP contribution in [0.4, 0.5) is 11.4 Å². The lowest BCUT2D eigenvalue weighted by atomic mass is 10.1. The highest BCUT2D eigenvalue weighted by Crippen LogP contribution is 2.26. The molecule has 3 aromatic heterocycles. The number of carbonyl (C=O) groups excluding carboxylic acids is 2. The van der Waals surface area contributed by atoms with E-state index in [-0.39, 0.29) is 5.69 Å². The second-order valence-corrected chi connectivity index (χ2v) is 7.97. The van der Waals surface area contributed by atoms with Crippen molar-refractivity contribution in [2.24, 2.45) is 0 Å². The molecule has 2 amide bonds. The zero-order valence-electron chi connectivity index (χ0n) is 19.2. The van der Waals surface area contributed by atoms with Crippen LogP contribution in [0.25, 0.3) is 23.1 Å². The number of aromatic nitrogens is 5. The standard InChI is InChI=1S/C26H22N8O2/c1-16-14-24(32-29-16)26(36)34-33-25(35)20-7-2-3-8-21(20)28-18-9-11-19-22(30-31-23(19)15-18)12-10-17-6-4-5-13-27-17/h2-15,28H,1H3,(H,29,32)(H,30,31)(H,33,35)(H,34,36)/b12-10+. The van der Waals surface area contributed by atoms with E-state index >= 15 is 0 Å². The number of H-pyrrole nitrogens is 2. The molecule has 0 bridgehead atoms. The summed E-state index contributed by atoms with van der Waals surface area (Å²) in [4.78, 5) is 29.2. The lowest BCUT2D eigenvalue weighted by Gasteiger charge is -2.12. The van der Waals surface area contributed by atoms with Crippen molar-refractivity contribution < 1.29 is 9.59 Å². The van der Waals surface area contributed by atoms with Crippen LogP contribution in [0.5, 0.6) is 0 Å². The third-order valence-corrected chi connectivity index (χ3v) is 5.37. The number of nitrogens with zero attached hydrogens (tertiary/aromatic N) is 3. The molecule has 0 unspecified atom stereocenters. The minimum absolute atomic E-state index is 0.182. The van der Waals surface area contributed by atoms with E-state index in [2.05, 4.69) is 41.5 Å². The number of para-hydroxylation sites is 1. The summed E-state index contributed by atoms with van der Waals surface area (Å²) in [5.74, 6) is -0.987. The zero-order chi connectivity index (χ0) is 24.9. The summed E-state index contributed by atoms with van der Waals surface area (Å²) in [5, 5.41) is 18.2. The van der Waals surface area contributed by atoms with Gasteiger partial charge in [-0.1, -0.05) is 18.2 Å². The van der Waals surface area contributed by atoms with E-state index in [1.165, 1.54) is 0 Å². The van der Waals surface area contributed by atoms with E-state index in [4.69, 9.17) is 0 Å². The minimum atomic E-state index is -0.518. The van der Waals surface area contributed by atoms with Gasteiger partial charge in [-0.15, -0.1) is 0 Å². The van der Waals surface area contributed by atoms with Gasteiger partial charge in [0.15, 0.2) is 5.69 Å². The average molecular weight is 479 g/mol. The van der Waals surface area contributed by atoms with Crippen LogP contribution in [0.1, 0.15) is 37.9 Å². The predicted octanol–water partition coefficient (Wildman–Crippen LogP) is 3.98. The minimum Gasteiger partial charge on any atom is -0.355 e. The quantitative estimate of drug-likeness (QED) is 0.234. The maximum absolute atomic E-state index is 12.8. The van der Waals surface area contributed by atoms with E-state index in [1.54, 1.807) is 37.4 Å². The van der Waals surface area contributed by atoms with Crippen molar-refractivity contribution in [3.8, 4) is 0 Å². The summed E-state index contributed by atoms with van der Waals surface area (Å²) >= 11 is 0. The Bertz CT molecular complexity index is 1570. The molecular weight excluding hydrogens is 456 g/mol. The summed E-state index contributed by atoms with van der Waals surface area (Å²) in [6.07, 6.45) is 5.56. The number of aryl methyl sites for hydroxylation is 1. The van der Waals surface area contributed by atoms with Crippen molar-refractivity contribution in [1.82, 2.24) is 36.2 Å².